The topological polar surface area (TPSA) is 33.8 Å². The lowest BCUT2D eigenvalue weighted by Gasteiger charge is -2.04. The van der Waals surface area contributed by atoms with Gasteiger partial charge in [-0.15, -0.1) is 0 Å². The number of hydrogen-bond donors (Lipinski definition) is 0. The van der Waals surface area contributed by atoms with Crippen LogP contribution in [0.5, 0.6) is 0 Å². The number of nitrogens with zero attached hydrogens (tertiary/aromatic N) is 2. The monoisotopic (exact) mass is 353 g/mol. The Morgan fingerprint density at radius 2 is 1.74 bits per heavy atom. The van der Waals surface area contributed by atoms with Crippen LogP contribution in [0.15, 0.2) is 79.3 Å². The van der Waals surface area contributed by atoms with Gasteiger partial charge in [0.25, 0.3) is 6.33 Å². The minimum absolute atomic E-state index is 0.0758. The molecule has 0 radical (unpaired) electrons. The summed E-state index contributed by atoms with van der Waals surface area (Å²) in [4.78, 5) is 17.2. The summed E-state index contributed by atoms with van der Waals surface area (Å²) in [6.45, 7) is 4.45. The summed E-state index contributed by atoms with van der Waals surface area (Å²) in [7, 11) is 0. The Labute approximate surface area is 158 Å². The average Bonchev–Trinajstić information content (AvgIpc) is 2.68. The van der Waals surface area contributed by atoms with E-state index < -0.39 is 0 Å². The molecule has 27 heavy (non-hydrogen) atoms. The smallest absolute Gasteiger partial charge is 0.287 e. The van der Waals surface area contributed by atoms with Crippen LogP contribution in [0.25, 0.3) is 22.0 Å². The molecular formula is C24H21N2O+. The van der Waals surface area contributed by atoms with Crippen LogP contribution in [-0.4, -0.2) is 10.8 Å². The minimum Gasteiger partial charge on any atom is -0.290 e. The molecule has 0 unspecified atom stereocenters. The molecule has 0 N–H and O–H groups in total. The zero-order valence-corrected chi connectivity index (χ0v) is 15.5. The highest BCUT2D eigenvalue weighted by molar-refractivity contribution is 5.99. The first-order chi connectivity index (χ1) is 13.1. The number of aryl methyl sites for hydroxylation is 2. The van der Waals surface area contributed by atoms with Crippen molar-refractivity contribution < 1.29 is 9.36 Å². The number of carbonyl (C=O) groups is 1. The van der Waals surface area contributed by atoms with E-state index in [0.717, 1.165) is 27.6 Å². The first kappa shape index (κ1) is 17.1. The van der Waals surface area contributed by atoms with E-state index in [2.05, 4.69) is 37.0 Å². The van der Waals surface area contributed by atoms with Crippen molar-refractivity contribution in [2.45, 2.75) is 20.4 Å². The van der Waals surface area contributed by atoms with Crippen LogP contribution in [0.1, 0.15) is 21.5 Å². The van der Waals surface area contributed by atoms with Crippen molar-refractivity contribution in [3.05, 3.63) is 95.9 Å². The Kier molecular flexibility index (Phi) is 4.51. The molecule has 1 heterocycles. The van der Waals surface area contributed by atoms with Crippen molar-refractivity contribution in [3.8, 4) is 11.3 Å². The summed E-state index contributed by atoms with van der Waals surface area (Å²) in [6, 6.07) is 22.2. The number of carbonyl (C=O) groups excluding carboxylic acids is 1. The number of ketones is 1. The van der Waals surface area contributed by atoms with Gasteiger partial charge >= 0.3 is 0 Å². The molecule has 3 aromatic carbocycles. The van der Waals surface area contributed by atoms with E-state index in [9.17, 15) is 4.79 Å². The van der Waals surface area contributed by atoms with Gasteiger partial charge in [0.15, 0.2) is 12.2 Å². The number of fused-ring (bicyclic) bond motifs is 1. The van der Waals surface area contributed by atoms with E-state index in [1.807, 2.05) is 59.3 Å². The zero-order chi connectivity index (χ0) is 18.8. The molecule has 3 heteroatoms. The van der Waals surface area contributed by atoms with Crippen LogP contribution in [-0.2, 0) is 6.54 Å². The summed E-state index contributed by atoms with van der Waals surface area (Å²) in [5.41, 5.74) is 5.20. The first-order valence-electron chi connectivity index (χ1n) is 9.05. The minimum atomic E-state index is 0.0758. The normalized spacial score (nSPS) is 10.9. The predicted octanol–water partition coefficient (Wildman–Crippen LogP) is 4.69. The van der Waals surface area contributed by atoms with Gasteiger partial charge in [-0.2, -0.15) is 0 Å². The molecule has 0 saturated heterocycles. The van der Waals surface area contributed by atoms with Gasteiger partial charge in [0.1, 0.15) is 0 Å². The van der Waals surface area contributed by atoms with Crippen molar-refractivity contribution in [3.63, 3.8) is 0 Å². The van der Waals surface area contributed by atoms with Crippen LogP contribution in [0.4, 0.5) is 0 Å². The predicted molar refractivity (Wildman–Crippen MR) is 108 cm³/mol. The van der Waals surface area contributed by atoms with Crippen molar-refractivity contribution in [1.82, 2.24) is 4.98 Å². The average molecular weight is 353 g/mol. The second-order valence-corrected chi connectivity index (χ2v) is 6.92. The number of aromatic nitrogens is 2. The molecule has 0 aliphatic carbocycles. The molecule has 0 spiro atoms. The first-order valence-corrected chi connectivity index (χ1v) is 9.05. The molecule has 0 bridgehead atoms. The maximum Gasteiger partial charge on any atom is 0.287 e. The maximum absolute atomic E-state index is 12.7. The Hall–Kier alpha value is -3.33. The highest BCUT2D eigenvalue weighted by Crippen LogP contribution is 2.21. The molecule has 0 aliphatic rings. The zero-order valence-electron chi connectivity index (χ0n) is 15.5. The fraction of sp³-hybridized carbons (Fsp3) is 0.125. The number of Topliss-reactive ketones (excluding diaryl/α,β-unsaturated/α-hetero) is 1. The Bertz CT molecular complexity index is 1130. The number of rotatable bonds is 4. The van der Waals surface area contributed by atoms with Crippen LogP contribution < -0.4 is 4.57 Å². The van der Waals surface area contributed by atoms with Gasteiger partial charge in [0, 0.05) is 17.2 Å². The van der Waals surface area contributed by atoms with Crippen LogP contribution in [0.3, 0.4) is 0 Å². The lowest BCUT2D eigenvalue weighted by atomic mass is 10.0. The lowest BCUT2D eigenvalue weighted by molar-refractivity contribution is -0.686. The molecule has 0 amide bonds. The summed E-state index contributed by atoms with van der Waals surface area (Å²) in [5.74, 6) is 0.0758. The highest BCUT2D eigenvalue weighted by atomic mass is 16.1. The van der Waals surface area contributed by atoms with Crippen molar-refractivity contribution >= 4 is 16.6 Å². The fourth-order valence-electron chi connectivity index (χ4n) is 3.36. The van der Waals surface area contributed by atoms with Crippen molar-refractivity contribution in [2.24, 2.45) is 0 Å². The van der Waals surface area contributed by atoms with E-state index >= 15 is 0 Å². The highest BCUT2D eigenvalue weighted by Gasteiger charge is 2.13. The van der Waals surface area contributed by atoms with Crippen LogP contribution in [0.2, 0.25) is 0 Å². The van der Waals surface area contributed by atoms with E-state index in [1.54, 1.807) is 6.33 Å². The molecule has 0 atom stereocenters. The van der Waals surface area contributed by atoms with Gasteiger partial charge in [-0.05, 0) is 41.2 Å². The van der Waals surface area contributed by atoms with E-state index in [4.69, 9.17) is 0 Å². The SMILES string of the molecule is Cc1ccc(-c2cc[n+](CC(=O)c3ccc4ccccc4c3)cn2)c(C)c1. The third kappa shape index (κ3) is 3.63. The molecular weight excluding hydrogens is 332 g/mol. The second kappa shape index (κ2) is 7.12. The fourth-order valence-corrected chi connectivity index (χ4v) is 3.36. The third-order valence-electron chi connectivity index (χ3n) is 4.82. The molecule has 132 valence electrons. The molecule has 1 aromatic heterocycles. The summed E-state index contributed by atoms with van der Waals surface area (Å²) in [6.07, 6.45) is 3.65. The Balaban J connectivity index is 1.54. The Morgan fingerprint density at radius 1 is 0.926 bits per heavy atom. The quantitative estimate of drug-likeness (QED) is 0.394. The molecule has 4 aromatic rings. The standard InChI is InChI=1S/C24H21N2O/c1-17-7-10-22(18(2)13-17)23-11-12-26(16-25-23)15-24(27)21-9-8-19-5-3-4-6-20(19)14-21/h3-14,16H,15H2,1-2H3/q+1. The molecule has 3 nitrogen and oxygen atoms in total. The number of benzene rings is 3. The molecule has 4 rings (SSSR count). The Morgan fingerprint density at radius 3 is 2.48 bits per heavy atom. The van der Waals surface area contributed by atoms with Gasteiger partial charge in [-0.1, -0.05) is 60.2 Å². The van der Waals surface area contributed by atoms with E-state index in [0.29, 0.717) is 0 Å². The van der Waals surface area contributed by atoms with Crippen LogP contribution in [0, 0.1) is 13.8 Å². The second-order valence-electron chi connectivity index (χ2n) is 6.92. The lowest BCUT2D eigenvalue weighted by Crippen LogP contribution is -2.37. The summed E-state index contributed by atoms with van der Waals surface area (Å²) >= 11 is 0. The molecule has 0 saturated carbocycles. The van der Waals surface area contributed by atoms with Crippen molar-refractivity contribution in [2.75, 3.05) is 0 Å². The molecule has 0 fully saturated rings. The van der Waals surface area contributed by atoms with Gasteiger partial charge in [0.2, 0.25) is 5.78 Å². The van der Waals surface area contributed by atoms with Gasteiger partial charge < -0.3 is 0 Å². The van der Waals surface area contributed by atoms with Gasteiger partial charge in [-0.25, -0.2) is 4.57 Å². The summed E-state index contributed by atoms with van der Waals surface area (Å²) < 4.78 is 1.82. The van der Waals surface area contributed by atoms with Crippen LogP contribution >= 0.6 is 0 Å². The van der Waals surface area contributed by atoms with E-state index in [1.165, 1.54) is 11.1 Å². The van der Waals surface area contributed by atoms with E-state index in [-0.39, 0.29) is 12.3 Å². The third-order valence-corrected chi connectivity index (χ3v) is 4.82. The molecule has 0 aliphatic heterocycles. The summed E-state index contributed by atoms with van der Waals surface area (Å²) in [5, 5.41) is 2.22. The number of hydrogen-bond acceptors (Lipinski definition) is 2. The van der Waals surface area contributed by atoms with Gasteiger partial charge in [0.05, 0.1) is 6.20 Å². The maximum atomic E-state index is 12.7. The largest absolute Gasteiger partial charge is 0.290 e. The van der Waals surface area contributed by atoms with Crippen molar-refractivity contribution in [1.29, 1.82) is 0 Å². The van der Waals surface area contributed by atoms with Gasteiger partial charge in [-0.3, -0.25) is 4.79 Å².